The van der Waals surface area contributed by atoms with Crippen LogP contribution in [-0.2, 0) is 9.84 Å². The fraction of sp³-hybridized carbons (Fsp3) is 0.500. The lowest BCUT2D eigenvalue weighted by atomic mass is 10.2. The second kappa shape index (κ2) is 4.66. The Balaban J connectivity index is 2.08. The Morgan fingerprint density at radius 3 is 2.35 bits per heavy atom. The topological polar surface area (TPSA) is 66.4 Å². The summed E-state index contributed by atoms with van der Waals surface area (Å²) in [5.41, 5.74) is 0.850. The first-order valence-electron chi connectivity index (χ1n) is 5.71. The van der Waals surface area contributed by atoms with Crippen molar-refractivity contribution in [2.24, 2.45) is 0 Å². The van der Waals surface area contributed by atoms with Gasteiger partial charge in [0.2, 0.25) is 0 Å². The summed E-state index contributed by atoms with van der Waals surface area (Å²) in [6.45, 7) is 0. The summed E-state index contributed by atoms with van der Waals surface area (Å²) < 4.78 is 22.6. The normalized spacial score (nSPS) is 24.8. The second-order valence-corrected chi connectivity index (χ2v) is 6.56. The van der Waals surface area contributed by atoms with Gasteiger partial charge in [-0.1, -0.05) is 0 Å². The first-order chi connectivity index (χ1) is 7.97. The molecule has 1 aliphatic carbocycles. The maximum absolute atomic E-state index is 11.3. The molecular weight excluding hydrogens is 238 g/mol. The van der Waals surface area contributed by atoms with Crippen LogP contribution in [0, 0.1) is 0 Å². The van der Waals surface area contributed by atoms with Crippen LogP contribution >= 0.6 is 0 Å². The van der Waals surface area contributed by atoms with Crippen molar-refractivity contribution in [1.29, 1.82) is 0 Å². The maximum Gasteiger partial charge on any atom is 0.175 e. The standard InChI is InChI=1S/C12H17NO3S/c1-17(15,16)10-7-5-9(6-8-10)13-11-3-2-4-12(11)14/h5-8,11-14H,2-4H2,1H3. The van der Waals surface area contributed by atoms with Crippen LogP contribution in [0.1, 0.15) is 19.3 Å². The molecule has 94 valence electrons. The van der Waals surface area contributed by atoms with Crippen LogP contribution in [0.5, 0.6) is 0 Å². The van der Waals surface area contributed by atoms with Gasteiger partial charge in [-0.05, 0) is 43.5 Å². The zero-order chi connectivity index (χ0) is 12.5. The number of hydrogen-bond donors (Lipinski definition) is 2. The van der Waals surface area contributed by atoms with E-state index in [1.165, 1.54) is 6.26 Å². The molecule has 1 saturated carbocycles. The highest BCUT2D eigenvalue weighted by Crippen LogP contribution is 2.23. The molecule has 5 heteroatoms. The molecule has 0 radical (unpaired) electrons. The van der Waals surface area contributed by atoms with Crippen LogP contribution in [-0.4, -0.2) is 31.9 Å². The SMILES string of the molecule is CS(=O)(=O)c1ccc(NC2CCCC2O)cc1. The molecule has 2 N–H and O–H groups in total. The monoisotopic (exact) mass is 255 g/mol. The smallest absolute Gasteiger partial charge is 0.175 e. The Morgan fingerprint density at radius 2 is 1.88 bits per heavy atom. The van der Waals surface area contributed by atoms with Crippen LogP contribution in [0.15, 0.2) is 29.2 Å². The molecule has 4 nitrogen and oxygen atoms in total. The van der Waals surface area contributed by atoms with Crippen LogP contribution in [0.2, 0.25) is 0 Å². The van der Waals surface area contributed by atoms with E-state index < -0.39 is 9.84 Å². The van der Waals surface area contributed by atoms with Crippen LogP contribution in [0.25, 0.3) is 0 Å². The molecule has 0 aliphatic heterocycles. The number of nitrogens with one attached hydrogen (secondary N) is 1. The largest absolute Gasteiger partial charge is 0.391 e. The third kappa shape index (κ3) is 2.98. The molecule has 2 atom stereocenters. The molecule has 1 aromatic rings. The van der Waals surface area contributed by atoms with E-state index in [0.717, 1.165) is 24.9 Å². The van der Waals surface area contributed by atoms with Gasteiger partial charge in [-0.25, -0.2) is 8.42 Å². The van der Waals surface area contributed by atoms with Gasteiger partial charge < -0.3 is 10.4 Å². The summed E-state index contributed by atoms with van der Waals surface area (Å²) >= 11 is 0. The van der Waals surface area contributed by atoms with Crippen LogP contribution in [0.4, 0.5) is 5.69 Å². The Labute approximate surface area is 102 Å². The number of sulfone groups is 1. The zero-order valence-electron chi connectivity index (χ0n) is 9.76. The lowest BCUT2D eigenvalue weighted by Gasteiger charge is -2.17. The Bertz CT molecular complexity index is 481. The molecule has 0 amide bonds. The van der Waals surface area contributed by atoms with Gasteiger partial charge in [0.25, 0.3) is 0 Å². The third-order valence-electron chi connectivity index (χ3n) is 3.11. The van der Waals surface area contributed by atoms with Crippen molar-refractivity contribution in [2.75, 3.05) is 11.6 Å². The maximum atomic E-state index is 11.3. The fourth-order valence-corrected chi connectivity index (χ4v) is 2.75. The van der Waals surface area contributed by atoms with Gasteiger partial charge >= 0.3 is 0 Å². The van der Waals surface area contributed by atoms with E-state index >= 15 is 0 Å². The Morgan fingerprint density at radius 1 is 1.24 bits per heavy atom. The van der Waals surface area contributed by atoms with Crippen LogP contribution in [0.3, 0.4) is 0 Å². The number of benzene rings is 1. The first-order valence-corrected chi connectivity index (χ1v) is 7.61. The minimum absolute atomic E-state index is 0.0825. The number of anilines is 1. The average molecular weight is 255 g/mol. The molecule has 2 rings (SSSR count). The molecule has 0 spiro atoms. The summed E-state index contributed by atoms with van der Waals surface area (Å²) in [6, 6.07) is 6.72. The van der Waals surface area contributed by atoms with Crippen molar-refractivity contribution in [1.82, 2.24) is 0 Å². The molecular formula is C12H17NO3S. The van der Waals surface area contributed by atoms with Gasteiger partial charge in [-0.2, -0.15) is 0 Å². The Hall–Kier alpha value is -1.07. The minimum Gasteiger partial charge on any atom is -0.391 e. The molecule has 0 heterocycles. The van der Waals surface area contributed by atoms with Crippen LogP contribution < -0.4 is 5.32 Å². The predicted molar refractivity (Wildman–Crippen MR) is 66.8 cm³/mol. The lowest BCUT2D eigenvalue weighted by Crippen LogP contribution is -2.27. The lowest BCUT2D eigenvalue weighted by molar-refractivity contribution is 0.172. The van der Waals surface area contributed by atoms with E-state index in [0.29, 0.717) is 4.90 Å². The van der Waals surface area contributed by atoms with Gasteiger partial charge in [-0.15, -0.1) is 0 Å². The van der Waals surface area contributed by atoms with Crippen molar-refractivity contribution in [3.05, 3.63) is 24.3 Å². The van der Waals surface area contributed by atoms with E-state index in [1.807, 2.05) is 0 Å². The number of hydrogen-bond acceptors (Lipinski definition) is 4. The van der Waals surface area contributed by atoms with Crippen molar-refractivity contribution < 1.29 is 13.5 Å². The molecule has 17 heavy (non-hydrogen) atoms. The Kier molecular flexibility index (Phi) is 3.40. The molecule has 1 aromatic carbocycles. The number of aliphatic hydroxyl groups is 1. The average Bonchev–Trinajstić information content (AvgIpc) is 2.64. The highest BCUT2D eigenvalue weighted by molar-refractivity contribution is 7.90. The number of aliphatic hydroxyl groups excluding tert-OH is 1. The molecule has 0 aromatic heterocycles. The fourth-order valence-electron chi connectivity index (χ4n) is 2.12. The van der Waals surface area contributed by atoms with Gasteiger partial charge in [0.15, 0.2) is 9.84 Å². The van der Waals surface area contributed by atoms with E-state index in [4.69, 9.17) is 0 Å². The van der Waals surface area contributed by atoms with E-state index in [9.17, 15) is 13.5 Å². The summed E-state index contributed by atoms with van der Waals surface area (Å²) in [6.07, 6.45) is 3.70. The molecule has 2 unspecified atom stereocenters. The van der Waals surface area contributed by atoms with Crippen molar-refractivity contribution in [2.45, 2.75) is 36.3 Å². The second-order valence-electron chi connectivity index (χ2n) is 4.55. The molecule has 1 fully saturated rings. The van der Waals surface area contributed by atoms with E-state index in [2.05, 4.69) is 5.32 Å². The van der Waals surface area contributed by atoms with Crippen molar-refractivity contribution >= 4 is 15.5 Å². The van der Waals surface area contributed by atoms with Gasteiger partial charge in [0.1, 0.15) is 0 Å². The van der Waals surface area contributed by atoms with E-state index in [1.54, 1.807) is 24.3 Å². The predicted octanol–water partition coefficient (Wildman–Crippen LogP) is 1.42. The van der Waals surface area contributed by atoms with Gasteiger partial charge in [-0.3, -0.25) is 0 Å². The molecule has 0 saturated heterocycles. The van der Waals surface area contributed by atoms with Crippen molar-refractivity contribution in [3.8, 4) is 0 Å². The highest BCUT2D eigenvalue weighted by Gasteiger charge is 2.24. The molecule has 1 aliphatic rings. The number of rotatable bonds is 3. The van der Waals surface area contributed by atoms with Crippen molar-refractivity contribution in [3.63, 3.8) is 0 Å². The zero-order valence-corrected chi connectivity index (χ0v) is 10.6. The highest BCUT2D eigenvalue weighted by atomic mass is 32.2. The third-order valence-corrected chi connectivity index (χ3v) is 4.24. The summed E-state index contributed by atoms with van der Waals surface area (Å²) in [7, 11) is -3.13. The van der Waals surface area contributed by atoms with Gasteiger partial charge in [0.05, 0.1) is 17.0 Å². The van der Waals surface area contributed by atoms with Gasteiger partial charge in [0, 0.05) is 11.9 Å². The summed E-state index contributed by atoms with van der Waals surface area (Å²) in [4.78, 5) is 0.315. The summed E-state index contributed by atoms with van der Waals surface area (Å²) in [5.74, 6) is 0. The summed E-state index contributed by atoms with van der Waals surface area (Å²) in [5, 5.41) is 12.9. The van der Waals surface area contributed by atoms with E-state index in [-0.39, 0.29) is 12.1 Å². The molecule has 0 bridgehead atoms. The minimum atomic E-state index is -3.13. The quantitative estimate of drug-likeness (QED) is 0.857. The first kappa shape index (κ1) is 12.4.